The summed E-state index contributed by atoms with van der Waals surface area (Å²) in [5, 5.41) is 3.96. The Morgan fingerprint density at radius 3 is 2.95 bits per heavy atom. The van der Waals surface area contributed by atoms with E-state index in [0.29, 0.717) is 12.2 Å². The van der Waals surface area contributed by atoms with Crippen LogP contribution < -0.4 is 5.32 Å². The summed E-state index contributed by atoms with van der Waals surface area (Å²) in [5.41, 5.74) is 2.45. The third-order valence-electron chi connectivity index (χ3n) is 3.05. The zero-order valence-corrected chi connectivity index (χ0v) is 12.1. The van der Waals surface area contributed by atoms with Crippen molar-refractivity contribution in [1.29, 1.82) is 0 Å². The molecule has 2 aromatic heterocycles. The first-order chi connectivity index (χ1) is 9.74. The number of benzene rings is 1. The molecule has 0 saturated carbocycles. The predicted octanol–water partition coefficient (Wildman–Crippen LogP) is 3.26. The number of hydrogen-bond acceptors (Lipinski definition) is 2. The number of para-hydroxylation sites is 1. The molecule has 0 radical (unpaired) electrons. The number of aromatic amines is 1. The molecule has 3 rings (SSSR count). The van der Waals surface area contributed by atoms with E-state index in [4.69, 9.17) is 0 Å². The quantitative estimate of drug-likeness (QED) is 0.774. The summed E-state index contributed by atoms with van der Waals surface area (Å²) < 4.78 is 0.856. The van der Waals surface area contributed by atoms with Crippen LogP contribution in [0.1, 0.15) is 16.1 Å². The molecule has 0 aliphatic rings. The molecule has 3 aromatic rings. The lowest BCUT2D eigenvalue weighted by Crippen LogP contribution is -2.23. The minimum absolute atomic E-state index is 0.136. The van der Waals surface area contributed by atoms with E-state index < -0.39 is 0 Å². The molecule has 2 N–H and O–H groups in total. The van der Waals surface area contributed by atoms with Gasteiger partial charge in [0.1, 0.15) is 5.69 Å². The van der Waals surface area contributed by atoms with Gasteiger partial charge in [0.25, 0.3) is 5.91 Å². The molecule has 5 heteroatoms. The molecule has 1 aromatic carbocycles. The van der Waals surface area contributed by atoms with Crippen molar-refractivity contribution in [1.82, 2.24) is 15.3 Å². The first-order valence-electron chi connectivity index (χ1n) is 6.19. The highest BCUT2D eigenvalue weighted by molar-refractivity contribution is 9.10. The van der Waals surface area contributed by atoms with Gasteiger partial charge in [-0.05, 0) is 33.6 Å². The van der Waals surface area contributed by atoms with Gasteiger partial charge in [-0.25, -0.2) is 0 Å². The molecule has 2 heterocycles. The van der Waals surface area contributed by atoms with Crippen molar-refractivity contribution in [2.24, 2.45) is 0 Å². The Morgan fingerprint density at radius 2 is 2.15 bits per heavy atom. The van der Waals surface area contributed by atoms with E-state index in [-0.39, 0.29) is 5.91 Å². The number of carbonyl (C=O) groups is 1. The van der Waals surface area contributed by atoms with Crippen LogP contribution in [0.4, 0.5) is 0 Å². The summed E-state index contributed by atoms with van der Waals surface area (Å²) in [6.07, 6.45) is 3.49. The maximum Gasteiger partial charge on any atom is 0.268 e. The van der Waals surface area contributed by atoms with Crippen LogP contribution in [0.3, 0.4) is 0 Å². The summed E-state index contributed by atoms with van der Waals surface area (Å²) in [6.45, 7) is 0.448. The molecular weight excluding hydrogens is 318 g/mol. The van der Waals surface area contributed by atoms with E-state index >= 15 is 0 Å². The first kappa shape index (κ1) is 12.9. The Balaban J connectivity index is 1.79. The first-order valence-corrected chi connectivity index (χ1v) is 6.98. The second-order valence-corrected chi connectivity index (χ2v) is 5.32. The van der Waals surface area contributed by atoms with Crippen molar-refractivity contribution >= 4 is 32.7 Å². The monoisotopic (exact) mass is 329 g/mol. The van der Waals surface area contributed by atoms with Gasteiger partial charge >= 0.3 is 0 Å². The van der Waals surface area contributed by atoms with Crippen LogP contribution in [-0.2, 0) is 6.54 Å². The summed E-state index contributed by atoms with van der Waals surface area (Å²) in [4.78, 5) is 19.3. The number of H-pyrrole nitrogens is 1. The van der Waals surface area contributed by atoms with E-state index in [1.165, 1.54) is 0 Å². The van der Waals surface area contributed by atoms with Crippen molar-refractivity contribution in [2.45, 2.75) is 6.54 Å². The average Bonchev–Trinajstić information content (AvgIpc) is 2.91. The number of pyridine rings is 1. The molecule has 0 aliphatic heterocycles. The Kier molecular flexibility index (Phi) is 3.52. The number of fused-ring (bicyclic) bond motifs is 1. The highest BCUT2D eigenvalue weighted by Crippen LogP contribution is 2.16. The minimum atomic E-state index is -0.136. The molecule has 0 fully saturated rings. The van der Waals surface area contributed by atoms with Gasteiger partial charge in [-0.15, -0.1) is 0 Å². The van der Waals surface area contributed by atoms with E-state index in [9.17, 15) is 4.79 Å². The van der Waals surface area contributed by atoms with Gasteiger partial charge in [0.15, 0.2) is 0 Å². The molecule has 0 atom stereocenters. The number of nitrogens with zero attached hydrogens (tertiary/aromatic N) is 1. The van der Waals surface area contributed by atoms with Crippen LogP contribution in [0.25, 0.3) is 10.9 Å². The largest absolute Gasteiger partial charge is 0.356 e. The third-order valence-corrected chi connectivity index (χ3v) is 3.51. The number of halogens is 1. The highest BCUT2D eigenvalue weighted by atomic mass is 79.9. The van der Waals surface area contributed by atoms with Crippen LogP contribution in [0.15, 0.2) is 53.3 Å². The topological polar surface area (TPSA) is 57.8 Å². The molecule has 0 aliphatic carbocycles. The second-order valence-electron chi connectivity index (χ2n) is 4.41. The predicted molar refractivity (Wildman–Crippen MR) is 81.4 cm³/mol. The van der Waals surface area contributed by atoms with Crippen molar-refractivity contribution in [3.63, 3.8) is 0 Å². The van der Waals surface area contributed by atoms with Crippen molar-refractivity contribution in [3.05, 3.63) is 64.5 Å². The standard InChI is InChI=1S/C15H12BrN3O/c16-12-7-13(18-9-12)15(20)19-8-11-4-1-3-10-5-2-6-17-14(10)11/h1-7,9,18H,8H2,(H,19,20). The van der Waals surface area contributed by atoms with Gasteiger partial charge in [-0.1, -0.05) is 24.3 Å². The maximum atomic E-state index is 12.0. The fourth-order valence-electron chi connectivity index (χ4n) is 2.08. The molecule has 0 unspecified atom stereocenters. The van der Waals surface area contributed by atoms with Gasteiger partial charge in [-0.3, -0.25) is 9.78 Å². The van der Waals surface area contributed by atoms with Crippen molar-refractivity contribution < 1.29 is 4.79 Å². The Hall–Kier alpha value is -2.14. The summed E-state index contributed by atoms with van der Waals surface area (Å²) >= 11 is 3.31. The minimum Gasteiger partial charge on any atom is -0.356 e. The lowest BCUT2D eigenvalue weighted by atomic mass is 10.1. The summed E-state index contributed by atoms with van der Waals surface area (Å²) in [6, 6.07) is 11.6. The van der Waals surface area contributed by atoms with Gasteiger partial charge in [-0.2, -0.15) is 0 Å². The highest BCUT2D eigenvalue weighted by Gasteiger charge is 2.08. The molecular formula is C15H12BrN3O. The zero-order chi connectivity index (χ0) is 13.9. The van der Waals surface area contributed by atoms with E-state index in [1.807, 2.05) is 30.3 Å². The van der Waals surface area contributed by atoms with Crippen molar-refractivity contribution in [3.8, 4) is 0 Å². The normalized spacial score (nSPS) is 10.7. The van der Waals surface area contributed by atoms with E-state index in [1.54, 1.807) is 18.5 Å². The van der Waals surface area contributed by atoms with Gasteiger partial charge < -0.3 is 10.3 Å². The molecule has 0 bridgehead atoms. The van der Waals surface area contributed by atoms with E-state index in [0.717, 1.165) is 20.9 Å². The van der Waals surface area contributed by atoms with Gasteiger partial charge in [0.05, 0.1) is 5.52 Å². The smallest absolute Gasteiger partial charge is 0.268 e. The SMILES string of the molecule is O=C(NCc1cccc2cccnc12)c1cc(Br)c[nH]1. The number of hydrogen-bond donors (Lipinski definition) is 2. The number of amides is 1. The molecule has 4 nitrogen and oxygen atoms in total. The van der Waals surface area contributed by atoms with Crippen LogP contribution in [-0.4, -0.2) is 15.9 Å². The molecule has 0 saturated heterocycles. The molecule has 20 heavy (non-hydrogen) atoms. The molecule has 1 amide bonds. The molecule has 100 valence electrons. The summed E-state index contributed by atoms with van der Waals surface area (Å²) in [5.74, 6) is -0.136. The average molecular weight is 330 g/mol. The third kappa shape index (κ3) is 2.58. The molecule has 0 spiro atoms. The van der Waals surface area contributed by atoms with Gasteiger partial charge in [0, 0.05) is 28.8 Å². The maximum absolute atomic E-state index is 12.0. The lowest BCUT2D eigenvalue weighted by molar-refractivity contribution is 0.0946. The van der Waals surface area contributed by atoms with Crippen LogP contribution in [0.2, 0.25) is 0 Å². The number of aromatic nitrogens is 2. The lowest BCUT2D eigenvalue weighted by Gasteiger charge is -2.07. The summed E-state index contributed by atoms with van der Waals surface area (Å²) in [7, 11) is 0. The fraction of sp³-hybridized carbons (Fsp3) is 0.0667. The zero-order valence-electron chi connectivity index (χ0n) is 10.6. The fourth-order valence-corrected chi connectivity index (χ4v) is 2.42. The number of nitrogens with one attached hydrogen (secondary N) is 2. The number of carbonyl (C=O) groups excluding carboxylic acids is 1. The second kappa shape index (κ2) is 5.46. The Labute approximate surface area is 124 Å². The van der Waals surface area contributed by atoms with Crippen LogP contribution >= 0.6 is 15.9 Å². The Morgan fingerprint density at radius 1 is 1.30 bits per heavy atom. The Bertz CT molecular complexity index is 761. The van der Waals surface area contributed by atoms with Crippen LogP contribution in [0, 0.1) is 0 Å². The van der Waals surface area contributed by atoms with E-state index in [2.05, 4.69) is 31.2 Å². The van der Waals surface area contributed by atoms with Crippen LogP contribution in [0.5, 0.6) is 0 Å². The van der Waals surface area contributed by atoms with Gasteiger partial charge in [0.2, 0.25) is 0 Å². The number of rotatable bonds is 3. The van der Waals surface area contributed by atoms with Crippen molar-refractivity contribution in [2.75, 3.05) is 0 Å².